The lowest BCUT2D eigenvalue weighted by Gasteiger charge is -2.02. The minimum Gasteiger partial charge on any atom is -0.224 e. The molecule has 0 N–H and O–H groups in total. The van der Waals surface area contributed by atoms with Gasteiger partial charge in [-0.15, -0.1) is 0 Å². The molecule has 0 aliphatic rings. The van der Waals surface area contributed by atoms with Gasteiger partial charge in [0.2, 0.25) is 0 Å². The van der Waals surface area contributed by atoms with Crippen LogP contribution in [0.15, 0.2) is 29.2 Å². The van der Waals surface area contributed by atoms with E-state index in [0.29, 0.717) is 4.90 Å². The zero-order chi connectivity index (χ0) is 10.1. The second kappa shape index (κ2) is 4.11. The highest BCUT2D eigenvalue weighted by Gasteiger charge is 2.07. The molecule has 0 amide bonds. The first-order valence-corrected chi connectivity index (χ1v) is 7.21. The van der Waals surface area contributed by atoms with Gasteiger partial charge in [0.25, 0.3) is 0 Å². The third-order valence-electron chi connectivity index (χ3n) is 1.56. The summed E-state index contributed by atoms with van der Waals surface area (Å²) in [5.74, 6) is 0. The van der Waals surface area contributed by atoms with E-state index in [1.165, 1.54) is 6.26 Å². The standard InChI is InChI=1S/C8H8Br2O2S/c1-13(11,12)7-4-2-6(3-5-7)8(9)10/h2-5,8H,1H3. The van der Waals surface area contributed by atoms with Crippen molar-refractivity contribution in [1.82, 2.24) is 0 Å². The van der Waals surface area contributed by atoms with Gasteiger partial charge in [-0.1, -0.05) is 44.0 Å². The molecule has 0 radical (unpaired) electrons. The van der Waals surface area contributed by atoms with E-state index < -0.39 is 9.84 Å². The van der Waals surface area contributed by atoms with Gasteiger partial charge in [0.05, 0.1) is 8.63 Å². The highest BCUT2D eigenvalue weighted by Crippen LogP contribution is 2.29. The van der Waals surface area contributed by atoms with Crippen LogP contribution in [0.2, 0.25) is 0 Å². The Morgan fingerprint density at radius 3 is 1.92 bits per heavy atom. The molecular weight excluding hydrogens is 320 g/mol. The molecule has 0 aliphatic carbocycles. The normalized spacial score (nSPS) is 12.0. The monoisotopic (exact) mass is 326 g/mol. The van der Waals surface area contributed by atoms with Crippen LogP contribution in [0.1, 0.15) is 9.30 Å². The molecule has 0 saturated heterocycles. The van der Waals surface area contributed by atoms with Crippen LogP contribution in [0.3, 0.4) is 0 Å². The van der Waals surface area contributed by atoms with Gasteiger partial charge in [0.15, 0.2) is 9.84 Å². The highest BCUT2D eigenvalue weighted by atomic mass is 79.9. The SMILES string of the molecule is CS(=O)(=O)c1ccc(C(Br)Br)cc1. The Labute approximate surface area is 94.5 Å². The van der Waals surface area contributed by atoms with Crippen LogP contribution in [-0.4, -0.2) is 14.7 Å². The average molecular weight is 328 g/mol. The number of benzene rings is 1. The Hall–Kier alpha value is 0.130. The zero-order valence-corrected chi connectivity index (χ0v) is 10.9. The van der Waals surface area contributed by atoms with Gasteiger partial charge in [0.1, 0.15) is 0 Å². The number of rotatable bonds is 2. The lowest BCUT2D eigenvalue weighted by molar-refractivity contribution is 0.602. The molecule has 0 fully saturated rings. The smallest absolute Gasteiger partial charge is 0.175 e. The third-order valence-corrected chi connectivity index (χ3v) is 3.75. The molecule has 0 heterocycles. The molecular formula is C8H8Br2O2S. The van der Waals surface area contributed by atoms with Crippen LogP contribution in [0, 0.1) is 0 Å². The highest BCUT2D eigenvalue weighted by molar-refractivity contribution is 9.24. The van der Waals surface area contributed by atoms with Crippen molar-refractivity contribution in [2.24, 2.45) is 0 Å². The molecule has 13 heavy (non-hydrogen) atoms. The predicted molar refractivity (Wildman–Crippen MR) is 60.1 cm³/mol. The number of halogens is 2. The molecule has 0 bridgehead atoms. The maximum atomic E-state index is 11.1. The topological polar surface area (TPSA) is 34.1 Å². The van der Waals surface area contributed by atoms with Crippen LogP contribution in [0.5, 0.6) is 0 Å². The Morgan fingerprint density at radius 1 is 1.15 bits per heavy atom. The van der Waals surface area contributed by atoms with E-state index in [1.807, 2.05) is 0 Å². The van der Waals surface area contributed by atoms with Crippen LogP contribution in [0.25, 0.3) is 0 Å². The molecule has 5 heteroatoms. The van der Waals surface area contributed by atoms with Gasteiger partial charge in [0, 0.05) is 6.26 Å². The summed E-state index contributed by atoms with van der Waals surface area (Å²) in [6.45, 7) is 0. The molecule has 0 spiro atoms. The van der Waals surface area contributed by atoms with E-state index in [0.717, 1.165) is 5.56 Å². The van der Waals surface area contributed by atoms with Crippen LogP contribution >= 0.6 is 31.9 Å². The maximum Gasteiger partial charge on any atom is 0.175 e. The fourth-order valence-electron chi connectivity index (χ4n) is 0.861. The molecule has 0 atom stereocenters. The van der Waals surface area contributed by atoms with E-state index in [4.69, 9.17) is 0 Å². The first-order chi connectivity index (χ1) is 5.91. The van der Waals surface area contributed by atoms with Crippen molar-refractivity contribution in [3.8, 4) is 0 Å². The van der Waals surface area contributed by atoms with Crippen LogP contribution in [0.4, 0.5) is 0 Å². The molecule has 0 aliphatic heterocycles. The molecule has 0 saturated carbocycles. The van der Waals surface area contributed by atoms with Gasteiger partial charge in [-0.3, -0.25) is 0 Å². The zero-order valence-electron chi connectivity index (χ0n) is 6.87. The minimum atomic E-state index is -3.08. The number of hydrogen-bond donors (Lipinski definition) is 0. The van der Waals surface area contributed by atoms with E-state index >= 15 is 0 Å². The summed E-state index contributed by atoms with van der Waals surface area (Å²) < 4.78 is 22.2. The summed E-state index contributed by atoms with van der Waals surface area (Å²) in [5, 5.41) is 0. The Morgan fingerprint density at radius 2 is 1.62 bits per heavy atom. The first-order valence-electron chi connectivity index (χ1n) is 3.49. The molecule has 0 aromatic heterocycles. The summed E-state index contributed by atoms with van der Waals surface area (Å²) in [6, 6.07) is 6.73. The van der Waals surface area contributed by atoms with Crippen molar-refractivity contribution in [1.29, 1.82) is 0 Å². The van der Waals surface area contributed by atoms with Crippen molar-refractivity contribution in [3.05, 3.63) is 29.8 Å². The molecule has 72 valence electrons. The third kappa shape index (κ3) is 3.07. The molecule has 1 aromatic carbocycles. The second-order valence-corrected chi connectivity index (χ2v) is 7.72. The molecule has 2 nitrogen and oxygen atoms in total. The fourth-order valence-corrected chi connectivity index (χ4v) is 2.10. The van der Waals surface area contributed by atoms with Gasteiger partial charge >= 0.3 is 0 Å². The van der Waals surface area contributed by atoms with E-state index in [-0.39, 0.29) is 3.74 Å². The lowest BCUT2D eigenvalue weighted by atomic mass is 10.2. The van der Waals surface area contributed by atoms with Crippen LogP contribution < -0.4 is 0 Å². The molecule has 0 unspecified atom stereocenters. The summed E-state index contributed by atoms with van der Waals surface area (Å²) in [5.41, 5.74) is 0.993. The van der Waals surface area contributed by atoms with E-state index in [1.54, 1.807) is 24.3 Å². The fraction of sp³-hybridized carbons (Fsp3) is 0.250. The second-order valence-electron chi connectivity index (χ2n) is 2.64. The van der Waals surface area contributed by atoms with E-state index in [9.17, 15) is 8.42 Å². The lowest BCUT2D eigenvalue weighted by Crippen LogP contribution is -1.96. The Balaban J connectivity index is 3.08. The van der Waals surface area contributed by atoms with Crippen molar-refractivity contribution in [2.75, 3.05) is 6.26 Å². The summed E-state index contributed by atoms with van der Waals surface area (Å²) >= 11 is 6.65. The van der Waals surface area contributed by atoms with Crippen molar-refractivity contribution >= 4 is 41.7 Å². The first kappa shape index (κ1) is 11.2. The van der Waals surface area contributed by atoms with E-state index in [2.05, 4.69) is 31.9 Å². The number of hydrogen-bond acceptors (Lipinski definition) is 2. The average Bonchev–Trinajstić information content (AvgIpc) is 2.03. The van der Waals surface area contributed by atoms with Crippen molar-refractivity contribution in [2.45, 2.75) is 8.63 Å². The predicted octanol–water partition coefficient (Wildman–Crippen LogP) is 2.88. The largest absolute Gasteiger partial charge is 0.224 e. The maximum absolute atomic E-state index is 11.1. The van der Waals surface area contributed by atoms with Gasteiger partial charge < -0.3 is 0 Å². The summed E-state index contributed by atoms with van der Waals surface area (Å²) in [6.07, 6.45) is 1.20. The molecule has 1 aromatic rings. The van der Waals surface area contributed by atoms with Crippen molar-refractivity contribution in [3.63, 3.8) is 0 Å². The minimum absolute atomic E-state index is 0.0635. The van der Waals surface area contributed by atoms with Crippen LogP contribution in [-0.2, 0) is 9.84 Å². The van der Waals surface area contributed by atoms with Gasteiger partial charge in [-0.2, -0.15) is 0 Å². The molecule has 1 rings (SSSR count). The van der Waals surface area contributed by atoms with Crippen molar-refractivity contribution < 1.29 is 8.42 Å². The summed E-state index contributed by atoms with van der Waals surface area (Å²) in [4.78, 5) is 0.344. The summed E-state index contributed by atoms with van der Waals surface area (Å²) in [7, 11) is -3.08. The quantitative estimate of drug-likeness (QED) is 0.783. The number of alkyl halides is 2. The Kier molecular flexibility index (Phi) is 3.54. The van der Waals surface area contributed by atoms with Gasteiger partial charge in [-0.05, 0) is 17.7 Å². The van der Waals surface area contributed by atoms with Gasteiger partial charge in [-0.25, -0.2) is 8.42 Å². The Bertz CT molecular complexity index is 381. The number of sulfone groups is 1.